The first-order valence-electron chi connectivity index (χ1n) is 12.7. The summed E-state index contributed by atoms with van der Waals surface area (Å²) in [5, 5.41) is 3.26. The van der Waals surface area contributed by atoms with Gasteiger partial charge >= 0.3 is 0 Å². The average Bonchev–Trinajstić information content (AvgIpc) is 2.95. The van der Waals surface area contributed by atoms with Crippen molar-refractivity contribution in [3.05, 3.63) is 89.4 Å². The lowest BCUT2D eigenvalue weighted by molar-refractivity contribution is -0.139. The summed E-state index contributed by atoms with van der Waals surface area (Å²) in [5.74, 6) is -0.236. The van der Waals surface area contributed by atoms with Gasteiger partial charge in [0, 0.05) is 18.1 Å². The molecule has 1 N–H and O–H groups in total. The number of rotatable bonds is 13. The van der Waals surface area contributed by atoms with Crippen molar-refractivity contribution < 1.29 is 22.7 Å². The van der Waals surface area contributed by atoms with Crippen LogP contribution in [0.2, 0.25) is 5.02 Å². The molecule has 8 nitrogen and oxygen atoms in total. The van der Waals surface area contributed by atoms with Crippen molar-refractivity contribution in [2.75, 3.05) is 24.5 Å². The Labute approximate surface area is 235 Å². The Hall–Kier alpha value is -3.56. The first-order valence-corrected chi connectivity index (χ1v) is 14.5. The average molecular weight is 572 g/mol. The number of hydrogen-bond donors (Lipinski definition) is 1. The fraction of sp³-hybridized carbons (Fsp3) is 0.310. The summed E-state index contributed by atoms with van der Waals surface area (Å²) in [6.45, 7) is 3.73. The van der Waals surface area contributed by atoms with Gasteiger partial charge in [0.05, 0.1) is 17.7 Å². The number of ether oxygens (including phenoxy) is 1. The van der Waals surface area contributed by atoms with Crippen LogP contribution in [0.5, 0.6) is 5.75 Å². The maximum atomic E-state index is 13.9. The minimum Gasteiger partial charge on any atom is -0.497 e. The molecule has 3 aromatic carbocycles. The highest BCUT2D eigenvalue weighted by molar-refractivity contribution is 7.92. The number of para-hydroxylation sites is 1. The lowest BCUT2D eigenvalue weighted by Gasteiger charge is -2.32. The molecule has 10 heteroatoms. The molecule has 2 amide bonds. The molecule has 0 heterocycles. The summed E-state index contributed by atoms with van der Waals surface area (Å²) in [5.41, 5.74) is 1.06. The van der Waals surface area contributed by atoms with Gasteiger partial charge in [-0.2, -0.15) is 0 Å². The van der Waals surface area contributed by atoms with Crippen molar-refractivity contribution in [2.45, 2.75) is 44.2 Å². The maximum Gasteiger partial charge on any atom is 0.264 e. The SMILES string of the molecule is CCCCNC(=O)C(C)N(Cc1cccc(OC)c1)C(=O)CN(c1ccccc1)S(=O)(=O)c1ccc(Cl)cc1. The molecule has 0 saturated heterocycles. The van der Waals surface area contributed by atoms with Crippen LogP contribution in [0.15, 0.2) is 83.8 Å². The largest absolute Gasteiger partial charge is 0.497 e. The normalized spacial score (nSPS) is 11.9. The van der Waals surface area contributed by atoms with Crippen LogP contribution in [0, 0.1) is 0 Å². The highest BCUT2D eigenvalue weighted by atomic mass is 35.5. The summed E-state index contributed by atoms with van der Waals surface area (Å²) in [6, 6.07) is 20.5. The Morgan fingerprint density at radius 2 is 1.69 bits per heavy atom. The van der Waals surface area contributed by atoms with E-state index in [4.69, 9.17) is 16.3 Å². The van der Waals surface area contributed by atoms with Crippen molar-refractivity contribution in [2.24, 2.45) is 0 Å². The van der Waals surface area contributed by atoms with E-state index in [0.29, 0.717) is 23.0 Å². The lowest BCUT2D eigenvalue weighted by atomic mass is 10.1. The van der Waals surface area contributed by atoms with Crippen LogP contribution in [-0.2, 0) is 26.2 Å². The number of carbonyl (C=O) groups excluding carboxylic acids is 2. The molecule has 3 aromatic rings. The van der Waals surface area contributed by atoms with Crippen LogP contribution in [0.1, 0.15) is 32.3 Å². The number of methoxy groups -OCH3 is 1. The number of sulfonamides is 1. The van der Waals surface area contributed by atoms with Gasteiger partial charge in [0.15, 0.2) is 0 Å². The van der Waals surface area contributed by atoms with Gasteiger partial charge in [-0.3, -0.25) is 13.9 Å². The number of nitrogens with zero attached hydrogens (tertiary/aromatic N) is 2. The summed E-state index contributed by atoms with van der Waals surface area (Å²) in [7, 11) is -2.59. The van der Waals surface area contributed by atoms with Crippen molar-refractivity contribution in [1.82, 2.24) is 10.2 Å². The quantitative estimate of drug-likeness (QED) is 0.295. The highest BCUT2D eigenvalue weighted by Crippen LogP contribution is 2.25. The molecule has 0 fully saturated rings. The maximum absolute atomic E-state index is 13.9. The first-order chi connectivity index (χ1) is 18.7. The molecule has 0 spiro atoms. The van der Waals surface area contributed by atoms with Crippen molar-refractivity contribution in [3.8, 4) is 5.75 Å². The van der Waals surface area contributed by atoms with Gasteiger partial charge in [0.25, 0.3) is 10.0 Å². The van der Waals surface area contributed by atoms with Gasteiger partial charge in [-0.15, -0.1) is 0 Å². The van der Waals surface area contributed by atoms with Gasteiger partial charge in [-0.05, 0) is 67.4 Å². The van der Waals surface area contributed by atoms with Crippen LogP contribution < -0.4 is 14.4 Å². The van der Waals surface area contributed by atoms with Gasteiger partial charge in [0.1, 0.15) is 18.3 Å². The third kappa shape index (κ3) is 7.97. The molecule has 3 rings (SSSR count). The summed E-state index contributed by atoms with van der Waals surface area (Å²) < 4.78 is 33.8. The van der Waals surface area contributed by atoms with Crippen molar-refractivity contribution in [1.29, 1.82) is 0 Å². The van der Waals surface area contributed by atoms with Crippen molar-refractivity contribution >= 4 is 39.1 Å². The van der Waals surface area contributed by atoms with Crippen LogP contribution in [0.4, 0.5) is 5.69 Å². The number of halogens is 1. The second kappa shape index (κ2) is 14.0. The molecule has 39 heavy (non-hydrogen) atoms. The molecule has 0 radical (unpaired) electrons. The molecule has 208 valence electrons. The molecule has 1 unspecified atom stereocenters. The van der Waals surface area contributed by atoms with E-state index in [2.05, 4.69) is 5.32 Å². The topological polar surface area (TPSA) is 96.0 Å². The number of benzene rings is 3. The van der Waals surface area contributed by atoms with E-state index < -0.39 is 28.5 Å². The zero-order chi connectivity index (χ0) is 28.4. The Bertz CT molecular complexity index is 1350. The number of anilines is 1. The fourth-order valence-electron chi connectivity index (χ4n) is 3.94. The van der Waals surface area contributed by atoms with Crippen LogP contribution >= 0.6 is 11.6 Å². The van der Waals surface area contributed by atoms with E-state index in [1.165, 1.54) is 29.2 Å². The fourth-order valence-corrected chi connectivity index (χ4v) is 5.48. The second-order valence-corrected chi connectivity index (χ2v) is 11.3. The van der Waals surface area contributed by atoms with Gasteiger partial charge in [0.2, 0.25) is 11.8 Å². The molecule has 1 atom stereocenters. The minimum atomic E-state index is -4.14. The Morgan fingerprint density at radius 3 is 2.33 bits per heavy atom. The molecule has 0 saturated carbocycles. The number of unbranched alkanes of at least 4 members (excludes halogenated alkanes) is 1. The molecule has 0 aliphatic rings. The van der Waals surface area contributed by atoms with E-state index in [1.54, 1.807) is 62.6 Å². The second-order valence-electron chi connectivity index (χ2n) is 8.99. The van der Waals surface area contributed by atoms with Gasteiger partial charge in [-0.25, -0.2) is 8.42 Å². The lowest BCUT2D eigenvalue weighted by Crippen LogP contribution is -2.51. The molecule has 0 aliphatic heterocycles. The third-order valence-electron chi connectivity index (χ3n) is 6.21. The van der Waals surface area contributed by atoms with E-state index >= 15 is 0 Å². The Balaban J connectivity index is 1.98. The number of nitrogens with one attached hydrogen (secondary N) is 1. The monoisotopic (exact) mass is 571 g/mol. The summed E-state index contributed by atoms with van der Waals surface area (Å²) >= 11 is 5.98. The minimum absolute atomic E-state index is 0.00624. The summed E-state index contributed by atoms with van der Waals surface area (Å²) in [6.07, 6.45) is 1.72. The Morgan fingerprint density at radius 1 is 1.00 bits per heavy atom. The first kappa shape index (κ1) is 30.0. The van der Waals surface area contributed by atoms with Crippen LogP contribution in [0.25, 0.3) is 0 Å². The number of hydrogen-bond acceptors (Lipinski definition) is 5. The van der Waals surface area contributed by atoms with E-state index in [1.807, 2.05) is 13.0 Å². The summed E-state index contributed by atoms with van der Waals surface area (Å²) in [4.78, 5) is 28.3. The van der Waals surface area contributed by atoms with Gasteiger partial charge in [-0.1, -0.05) is 55.3 Å². The predicted molar refractivity (Wildman–Crippen MR) is 153 cm³/mol. The van der Waals surface area contributed by atoms with E-state index in [0.717, 1.165) is 22.7 Å². The van der Waals surface area contributed by atoms with E-state index in [9.17, 15) is 18.0 Å². The van der Waals surface area contributed by atoms with Crippen molar-refractivity contribution in [3.63, 3.8) is 0 Å². The number of carbonyl (C=O) groups is 2. The zero-order valence-corrected chi connectivity index (χ0v) is 23.9. The van der Waals surface area contributed by atoms with Crippen LogP contribution in [0.3, 0.4) is 0 Å². The third-order valence-corrected chi connectivity index (χ3v) is 8.25. The molecule has 0 aliphatic carbocycles. The Kier molecular flexibility index (Phi) is 10.8. The number of amides is 2. The molecule has 0 aromatic heterocycles. The van der Waals surface area contributed by atoms with E-state index in [-0.39, 0.29) is 17.3 Å². The smallest absolute Gasteiger partial charge is 0.264 e. The zero-order valence-electron chi connectivity index (χ0n) is 22.3. The highest BCUT2D eigenvalue weighted by Gasteiger charge is 2.32. The van der Waals surface area contributed by atoms with Crippen LogP contribution in [-0.4, -0.2) is 51.4 Å². The standard InChI is InChI=1S/C29H34ClN3O5S/c1-4-5-18-31-29(35)22(2)32(20-23-10-9-13-26(19-23)38-3)28(34)21-33(25-11-7-6-8-12-25)39(36,37)27-16-14-24(30)15-17-27/h6-17,19,22H,4-5,18,20-21H2,1-3H3,(H,31,35). The molecule has 0 bridgehead atoms. The predicted octanol–water partition coefficient (Wildman–Crippen LogP) is 4.88. The molecular formula is C29H34ClN3O5S. The molecular weight excluding hydrogens is 538 g/mol. The van der Waals surface area contributed by atoms with Gasteiger partial charge < -0.3 is 15.0 Å².